The Balaban J connectivity index is 1.26. The molecule has 4 rings (SSSR count). The molecule has 0 aromatic heterocycles. The number of ether oxygens (including phenoxy) is 1. The molecule has 2 N–H and O–H groups in total. The van der Waals surface area contributed by atoms with Crippen LogP contribution >= 0.6 is 0 Å². The van der Waals surface area contributed by atoms with Gasteiger partial charge in [-0.15, -0.1) is 0 Å². The largest absolute Gasteiger partial charge is 0.484 e. The molecule has 1 atom stereocenters. The average Bonchev–Trinajstić information content (AvgIpc) is 3.25. The summed E-state index contributed by atoms with van der Waals surface area (Å²) in [4.78, 5) is 38.8. The molecule has 1 aliphatic rings. The molecular weight excluding hydrogens is 430 g/mol. The summed E-state index contributed by atoms with van der Waals surface area (Å²) in [6.07, 6.45) is 0.178. The normalized spacial score (nSPS) is 15.1. The van der Waals surface area contributed by atoms with Crippen molar-refractivity contribution >= 4 is 29.1 Å². The molecule has 3 amide bonds. The topological polar surface area (TPSA) is 87.7 Å². The lowest BCUT2D eigenvalue weighted by Gasteiger charge is -2.17. The van der Waals surface area contributed by atoms with Gasteiger partial charge < -0.3 is 20.3 Å². The molecular formula is C27H27N3O4. The fourth-order valence-corrected chi connectivity index (χ4v) is 3.76. The Kier molecular flexibility index (Phi) is 7.22. The number of hydrogen-bond acceptors (Lipinski definition) is 4. The fraction of sp³-hybridized carbons (Fsp3) is 0.222. The van der Waals surface area contributed by atoms with Gasteiger partial charge in [0.05, 0.1) is 5.92 Å². The van der Waals surface area contributed by atoms with Crippen LogP contribution in [0.5, 0.6) is 5.75 Å². The third-order valence-electron chi connectivity index (χ3n) is 5.66. The first kappa shape index (κ1) is 23.0. The lowest BCUT2D eigenvalue weighted by Crippen LogP contribution is -2.32. The first-order valence-electron chi connectivity index (χ1n) is 11.2. The van der Waals surface area contributed by atoms with Crippen molar-refractivity contribution in [2.24, 2.45) is 5.92 Å². The van der Waals surface area contributed by atoms with E-state index in [1.165, 1.54) is 5.56 Å². The molecule has 0 radical (unpaired) electrons. The van der Waals surface area contributed by atoms with Crippen LogP contribution in [0.4, 0.5) is 11.4 Å². The summed E-state index contributed by atoms with van der Waals surface area (Å²) in [7, 11) is 0. The molecule has 7 nitrogen and oxygen atoms in total. The molecule has 0 spiro atoms. The van der Waals surface area contributed by atoms with E-state index in [9.17, 15) is 14.4 Å². The van der Waals surface area contributed by atoms with Gasteiger partial charge in [0.2, 0.25) is 11.8 Å². The highest BCUT2D eigenvalue weighted by Crippen LogP contribution is 2.27. The number of nitrogens with zero attached hydrogens (tertiary/aromatic N) is 1. The van der Waals surface area contributed by atoms with Crippen LogP contribution in [-0.2, 0) is 20.9 Å². The van der Waals surface area contributed by atoms with Crippen LogP contribution in [0.1, 0.15) is 17.5 Å². The number of nitrogens with one attached hydrogen (secondary N) is 2. The van der Waals surface area contributed by atoms with E-state index in [1.54, 1.807) is 41.3 Å². The molecule has 1 heterocycles. The van der Waals surface area contributed by atoms with Crippen molar-refractivity contribution in [1.29, 1.82) is 0 Å². The maximum atomic E-state index is 12.6. The minimum Gasteiger partial charge on any atom is -0.484 e. The molecule has 0 aliphatic carbocycles. The fourth-order valence-electron chi connectivity index (χ4n) is 3.76. The Morgan fingerprint density at radius 3 is 2.38 bits per heavy atom. The molecule has 3 aromatic carbocycles. The lowest BCUT2D eigenvalue weighted by atomic mass is 10.1. The highest BCUT2D eigenvalue weighted by Gasteiger charge is 2.35. The van der Waals surface area contributed by atoms with E-state index in [-0.39, 0.29) is 30.7 Å². The van der Waals surface area contributed by atoms with Crippen LogP contribution in [-0.4, -0.2) is 30.9 Å². The number of carbonyl (C=O) groups excluding carboxylic acids is 3. The summed E-state index contributed by atoms with van der Waals surface area (Å²) in [6.45, 7) is 2.66. The van der Waals surface area contributed by atoms with Gasteiger partial charge in [-0.05, 0) is 48.9 Å². The van der Waals surface area contributed by atoms with Gasteiger partial charge in [-0.2, -0.15) is 0 Å². The zero-order valence-electron chi connectivity index (χ0n) is 19.0. The molecule has 0 saturated carbocycles. The Morgan fingerprint density at radius 1 is 0.971 bits per heavy atom. The van der Waals surface area contributed by atoms with E-state index in [1.807, 2.05) is 49.4 Å². The van der Waals surface area contributed by atoms with Crippen molar-refractivity contribution in [2.45, 2.75) is 19.9 Å². The van der Waals surface area contributed by atoms with Crippen LogP contribution in [0.15, 0.2) is 78.9 Å². The first-order chi connectivity index (χ1) is 16.5. The second-order valence-corrected chi connectivity index (χ2v) is 8.31. The number of rotatable bonds is 8. The van der Waals surface area contributed by atoms with Crippen molar-refractivity contribution in [1.82, 2.24) is 5.32 Å². The molecule has 1 aliphatic heterocycles. The Labute approximate surface area is 198 Å². The number of hydrogen-bond donors (Lipinski definition) is 2. The van der Waals surface area contributed by atoms with Gasteiger partial charge in [-0.1, -0.05) is 48.0 Å². The minimum atomic E-state index is -0.393. The summed E-state index contributed by atoms with van der Waals surface area (Å²) < 4.78 is 5.55. The summed E-state index contributed by atoms with van der Waals surface area (Å²) >= 11 is 0. The number of para-hydroxylation sites is 1. The molecule has 7 heteroatoms. The smallest absolute Gasteiger partial charge is 0.262 e. The molecule has 34 heavy (non-hydrogen) atoms. The van der Waals surface area contributed by atoms with Crippen molar-refractivity contribution in [3.8, 4) is 5.75 Å². The van der Waals surface area contributed by atoms with Gasteiger partial charge in [-0.3, -0.25) is 14.4 Å². The van der Waals surface area contributed by atoms with Crippen molar-refractivity contribution in [3.05, 3.63) is 90.0 Å². The van der Waals surface area contributed by atoms with Crippen LogP contribution in [0.2, 0.25) is 0 Å². The van der Waals surface area contributed by atoms with Crippen LogP contribution in [0.25, 0.3) is 0 Å². The van der Waals surface area contributed by atoms with E-state index in [0.29, 0.717) is 30.2 Å². The number of amides is 3. The Hall–Kier alpha value is -4.13. The van der Waals surface area contributed by atoms with Gasteiger partial charge >= 0.3 is 0 Å². The highest BCUT2D eigenvalue weighted by atomic mass is 16.5. The Morgan fingerprint density at radius 2 is 1.68 bits per heavy atom. The first-order valence-corrected chi connectivity index (χ1v) is 11.2. The van der Waals surface area contributed by atoms with Crippen LogP contribution in [0, 0.1) is 12.8 Å². The maximum absolute atomic E-state index is 12.6. The molecule has 174 valence electrons. The molecule has 1 saturated heterocycles. The van der Waals surface area contributed by atoms with Gasteiger partial charge in [0.1, 0.15) is 5.75 Å². The van der Waals surface area contributed by atoms with Gasteiger partial charge in [0.25, 0.3) is 5.91 Å². The van der Waals surface area contributed by atoms with Gasteiger partial charge in [0, 0.05) is 30.9 Å². The lowest BCUT2D eigenvalue weighted by molar-refractivity contribution is -0.126. The highest BCUT2D eigenvalue weighted by molar-refractivity contribution is 6.00. The second-order valence-electron chi connectivity index (χ2n) is 8.31. The van der Waals surface area contributed by atoms with Gasteiger partial charge in [0.15, 0.2) is 6.61 Å². The van der Waals surface area contributed by atoms with E-state index in [2.05, 4.69) is 10.6 Å². The van der Waals surface area contributed by atoms with Crippen molar-refractivity contribution in [2.75, 3.05) is 23.4 Å². The van der Waals surface area contributed by atoms with Crippen molar-refractivity contribution < 1.29 is 19.1 Å². The summed E-state index contributed by atoms with van der Waals surface area (Å²) in [5.74, 6) is -0.349. The zero-order chi connectivity index (χ0) is 23.9. The van der Waals surface area contributed by atoms with E-state index in [0.717, 1.165) is 5.56 Å². The summed E-state index contributed by atoms with van der Waals surface area (Å²) in [5, 5.41) is 5.69. The average molecular weight is 458 g/mol. The number of carbonyl (C=O) groups is 3. The maximum Gasteiger partial charge on any atom is 0.262 e. The van der Waals surface area contributed by atoms with Crippen molar-refractivity contribution in [3.63, 3.8) is 0 Å². The summed E-state index contributed by atoms with van der Waals surface area (Å²) in [6, 6.07) is 24.1. The van der Waals surface area contributed by atoms with E-state index in [4.69, 9.17) is 4.74 Å². The number of anilines is 2. The third-order valence-corrected chi connectivity index (χ3v) is 5.66. The van der Waals surface area contributed by atoms with E-state index < -0.39 is 5.92 Å². The monoisotopic (exact) mass is 457 g/mol. The number of benzene rings is 3. The summed E-state index contributed by atoms with van der Waals surface area (Å²) in [5.41, 5.74) is 3.59. The van der Waals surface area contributed by atoms with Crippen LogP contribution in [0.3, 0.4) is 0 Å². The second kappa shape index (κ2) is 10.7. The zero-order valence-corrected chi connectivity index (χ0v) is 19.0. The molecule has 0 bridgehead atoms. The Bertz CT molecular complexity index is 1140. The molecule has 1 fully saturated rings. The number of aryl methyl sites for hydroxylation is 1. The standard InChI is InChI=1S/C27H27N3O4/c1-19-7-9-20(10-8-19)16-28-27(33)21-15-26(32)30(17-21)23-11-13-24(14-12-23)34-18-25(31)29-22-5-3-2-4-6-22/h2-14,21H,15-18H2,1H3,(H,28,33)(H,29,31). The predicted octanol–water partition coefficient (Wildman–Crippen LogP) is 3.68. The SMILES string of the molecule is Cc1ccc(CNC(=O)C2CC(=O)N(c3ccc(OCC(=O)Nc4ccccc4)cc3)C2)cc1. The predicted molar refractivity (Wildman–Crippen MR) is 130 cm³/mol. The van der Waals surface area contributed by atoms with Crippen LogP contribution < -0.4 is 20.3 Å². The molecule has 1 unspecified atom stereocenters. The quantitative estimate of drug-likeness (QED) is 0.540. The molecule has 3 aromatic rings. The van der Waals surface area contributed by atoms with E-state index >= 15 is 0 Å². The third kappa shape index (κ3) is 6.01. The minimum absolute atomic E-state index is 0.0913. The van der Waals surface area contributed by atoms with Gasteiger partial charge in [-0.25, -0.2) is 0 Å².